The van der Waals surface area contributed by atoms with Crippen LogP contribution < -0.4 is 5.32 Å². The fraction of sp³-hybridized carbons (Fsp3) is 0.600. The van der Waals surface area contributed by atoms with Crippen LogP contribution in [0.2, 0.25) is 0 Å². The maximum atomic E-state index is 15.0. The fourth-order valence-corrected chi connectivity index (χ4v) is 11.2. The van der Waals surface area contributed by atoms with Crippen molar-refractivity contribution < 1.29 is 9.59 Å². The van der Waals surface area contributed by atoms with E-state index in [1.165, 1.54) is 41.4 Å². The number of likely N-dealkylation sites (tertiary alicyclic amines) is 1. The number of rotatable bonds is 8. The Hall–Kier alpha value is -3.12. The predicted molar refractivity (Wildman–Crippen MR) is 183 cm³/mol. The highest BCUT2D eigenvalue weighted by Crippen LogP contribution is 2.67. The summed E-state index contributed by atoms with van der Waals surface area (Å²) in [5, 5.41) is 5.03. The molecular weight excluding hydrogens is 568 g/mol. The molecule has 2 aromatic carbocycles. The molecule has 0 spiro atoms. The summed E-state index contributed by atoms with van der Waals surface area (Å²) in [7, 11) is 2.14. The summed E-state index contributed by atoms with van der Waals surface area (Å²) >= 11 is 0. The lowest BCUT2D eigenvalue weighted by molar-refractivity contribution is -0.155. The van der Waals surface area contributed by atoms with Crippen molar-refractivity contribution >= 4 is 22.7 Å². The number of carbonyl (C=O) groups is 2. The third kappa shape index (κ3) is 5.01. The van der Waals surface area contributed by atoms with Gasteiger partial charge in [0.1, 0.15) is 5.54 Å². The number of benzene rings is 2. The number of H-pyrrole nitrogens is 1. The van der Waals surface area contributed by atoms with E-state index in [1.54, 1.807) is 0 Å². The van der Waals surface area contributed by atoms with Crippen LogP contribution in [0.1, 0.15) is 94.4 Å². The second-order valence-corrected chi connectivity index (χ2v) is 16.8. The van der Waals surface area contributed by atoms with Gasteiger partial charge in [0.05, 0.1) is 0 Å². The van der Waals surface area contributed by atoms with Gasteiger partial charge in [0.25, 0.3) is 0 Å². The standard InChI is InChI=1S/C40H52N4O2/c1-26-35(31-12-8-9-13-33(31)41-26)36-32(38(36,2)3)21-34(45)44(25-27-10-6-5-7-11-27)40(14-16-43(4)17-15-40)37(46)42-39-22-28-18-29(23-39)20-30(19-28)24-39/h5-13,28-30,32,36,41H,14-25H2,1-4H3,(H,42,46)/t28?,29?,30?,32-,36-,39?/m0/s1. The highest BCUT2D eigenvalue weighted by atomic mass is 16.2. The molecule has 0 unspecified atom stereocenters. The Morgan fingerprint density at radius 3 is 2.17 bits per heavy atom. The largest absolute Gasteiger partial charge is 0.358 e. The van der Waals surface area contributed by atoms with Crippen molar-refractivity contribution in [2.24, 2.45) is 29.1 Å². The van der Waals surface area contributed by atoms with Gasteiger partial charge in [-0.25, -0.2) is 0 Å². The van der Waals surface area contributed by atoms with Crippen LogP contribution in [-0.2, 0) is 16.1 Å². The van der Waals surface area contributed by atoms with E-state index in [9.17, 15) is 9.59 Å². The number of fused-ring (bicyclic) bond motifs is 1. The summed E-state index contributed by atoms with van der Waals surface area (Å²) in [6.07, 6.45) is 9.22. The number of aromatic amines is 1. The van der Waals surface area contributed by atoms with Crippen molar-refractivity contribution in [3.05, 3.63) is 71.4 Å². The summed E-state index contributed by atoms with van der Waals surface area (Å²) in [6, 6.07) is 18.9. The molecule has 6 nitrogen and oxygen atoms in total. The minimum atomic E-state index is -0.839. The first-order valence-electron chi connectivity index (χ1n) is 18.0. The van der Waals surface area contributed by atoms with E-state index in [2.05, 4.69) is 96.5 Å². The van der Waals surface area contributed by atoms with Gasteiger partial charge in [-0.1, -0.05) is 62.4 Å². The highest BCUT2D eigenvalue weighted by molar-refractivity contribution is 5.93. The Balaban J connectivity index is 1.12. The molecule has 0 radical (unpaired) electrons. The Kier molecular flexibility index (Phi) is 7.21. The van der Waals surface area contributed by atoms with Crippen LogP contribution in [0.4, 0.5) is 0 Å². The number of para-hydroxylation sites is 1. The molecule has 4 bridgehead atoms. The van der Waals surface area contributed by atoms with E-state index >= 15 is 0 Å². The molecule has 6 aliphatic rings. The fourth-order valence-electron chi connectivity index (χ4n) is 11.2. The van der Waals surface area contributed by atoms with Crippen molar-refractivity contribution in [2.75, 3.05) is 20.1 Å². The maximum absolute atomic E-state index is 15.0. The molecule has 6 fully saturated rings. The first-order chi connectivity index (χ1) is 22.1. The molecule has 2 heterocycles. The molecule has 1 aliphatic heterocycles. The number of nitrogens with one attached hydrogen (secondary N) is 2. The molecule has 5 aliphatic carbocycles. The lowest BCUT2D eigenvalue weighted by Gasteiger charge is -2.58. The van der Waals surface area contributed by atoms with E-state index in [0.29, 0.717) is 31.7 Å². The van der Waals surface area contributed by atoms with Gasteiger partial charge in [0, 0.05) is 48.2 Å². The number of hydrogen-bond donors (Lipinski definition) is 2. The van der Waals surface area contributed by atoms with Crippen LogP contribution in [0.5, 0.6) is 0 Å². The predicted octanol–water partition coefficient (Wildman–Crippen LogP) is 7.18. The normalized spacial score (nSPS) is 32.4. The molecule has 5 saturated carbocycles. The number of aromatic nitrogens is 1. The molecule has 3 aromatic rings. The molecule has 2 N–H and O–H groups in total. The average molecular weight is 621 g/mol. The Bertz CT molecular complexity index is 1600. The van der Waals surface area contributed by atoms with Crippen LogP contribution in [-0.4, -0.2) is 57.8 Å². The van der Waals surface area contributed by atoms with E-state index in [4.69, 9.17) is 0 Å². The first-order valence-corrected chi connectivity index (χ1v) is 18.0. The van der Waals surface area contributed by atoms with Crippen molar-refractivity contribution in [3.63, 3.8) is 0 Å². The van der Waals surface area contributed by atoms with Gasteiger partial charge in [-0.05, 0) is 118 Å². The summed E-state index contributed by atoms with van der Waals surface area (Å²) in [5.74, 6) is 3.04. The van der Waals surface area contributed by atoms with E-state index < -0.39 is 5.54 Å². The molecule has 1 aromatic heterocycles. The van der Waals surface area contributed by atoms with Crippen LogP contribution in [0.3, 0.4) is 0 Å². The SMILES string of the molecule is Cc1[nH]c2ccccc2c1[C@@H]1[C@H](CC(=O)N(Cc2ccccc2)C2(C(=O)NC34CC5CC(CC(C5)C3)C4)CCN(C)CC2)C1(C)C. The van der Waals surface area contributed by atoms with Crippen LogP contribution in [0.15, 0.2) is 54.6 Å². The molecule has 6 heteroatoms. The first kappa shape index (κ1) is 30.2. The van der Waals surface area contributed by atoms with Crippen LogP contribution >= 0.6 is 0 Å². The maximum Gasteiger partial charge on any atom is 0.246 e. The average Bonchev–Trinajstić information content (AvgIpc) is 3.36. The number of aryl methyl sites for hydroxylation is 1. The number of carbonyl (C=O) groups excluding carboxylic acids is 2. The molecule has 9 rings (SSSR count). The molecule has 244 valence electrons. The minimum Gasteiger partial charge on any atom is -0.358 e. The Morgan fingerprint density at radius 2 is 1.52 bits per heavy atom. The van der Waals surface area contributed by atoms with Gasteiger partial charge in [-0.15, -0.1) is 0 Å². The number of hydrogen-bond acceptors (Lipinski definition) is 3. The topological polar surface area (TPSA) is 68.4 Å². The van der Waals surface area contributed by atoms with Gasteiger partial charge in [-0.2, -0.15) is 0 Å². The third-order valence-corrected chi connectivity index (χ3v) is 13.4. The van der Waals surface area contributed by atoms with Gasteiger partial charge in [0.2, 0.25) is 11.8 Å². The van der Waals surface area contributed by atoms with Crippen molar-refractivity contribution in [2.45, 2.75) is 102 Å². The summed E-state index contributed by atoms with van der Waals surface area (Å²) in [6.45, 7) is 8.93. The number of amides is 2. The Labute approximate surface area is 274 Å². The van der Waals surface area contributed by atoms with E-state index in [1.807, 2.05) is 6.07 Å². The lowest BCUT2D eigenvalue weighted by atomic mass is 9.53. The van der Waals surface area contributed by atoms with Crippen LogP contribution in [0.25, 0.3) is 10.9 Å². The quantitative estimate of drug-likeness (QED) is 0.280. The minimum absolute atomic E-state index is 0.00516. The second kappa shape index (κ2) is 11.0. The zero-order valence-electron chi connectivity index (χ0n) is 28.3. The lowest BCUT2D eigenvalue weighted by Crippen LogP contribution is -2.69. The zero-order chi connectivity index (χ0) is 31.8. The third-order valence-electron chi connectivity index (χ3n) is 13.4. The summed E-state index contributed by atoms with van der Waals surface area (Å²) in [4.78, 5) is 37.9. The van der Waals surface area contributed by atoms with Crippen molar-refractivity contribution in [1.82, 2.24) is 20.1 Å². The summed E-state index contributed by atoms with van der Waals surface area (Å²) < 4.78 is 0. The second-order valence-electron chi connectivity index (χ2n) is 16.8. The monoisotopic (exact) mass is 620 g/mol. The molecule has 2 amide bonds. The smallest absolute Gasteiger partial charge is 0.246 e. The van der Waals surface area contributed by atoms with Crippen molar-refractivity contribution in [3.8, 4) is 0 Å². The van der Waals surface area contributed by atoms with E-state index in [-0.39, 0.29) is 28.7 Å². The van der Waals surface area contributed by atoms with E-state index in [0.717, 1.165) is 55.7 Å². The molecule has 46 heavy (non-hydrogen) atoms. The zero-order valence-corrected chi connectivity index (χ0v) is 28.3. The van der Waals surface area contributed by atoms with Crippen molar-refractivity contribution in [1.29, 1.82) is 0 Å². The van der Waals surface area contributed by atoms with Gasteiger partial charge >= 0.3 is 0 Å². The molecule has 1 saturated heterocycles. The number of nitrogens with zero attached hydrogens (tertiary/aromatic N) is 2. The van der Waals surface area contributed by atoms with Gasteiger partial charge < -0.3 is 20.1 Å². The molecule has 2 atom stereocenters. The van der Waals surface area contributed by atoms with Crippen LogP contribution in [0, 0.1) is 36.0 Å². The Morgan fingerprint density at radius 1 is 0.913 bits per heavy atom. The summed E-state index contributed by atoms with van der Waals surface area (Å²) in [5.41, 5.74) is 3.91. The number of piperidine rings is 1. The van der Waals surface area contributed by atoms with Gasteiger partial charge in [-0.3, -0.25) is 9.59 Å². The van der Waals surface area contributed by atoms with Gasteiger partial charge in [0.15, 0.2) is 0 Å². The molecular formula is C40H52N4O2. The highest BCUT2D eigenvalue weighted by Gasteiger charge is 2.61.